The van der Waals surface area contributed by atoms with Crippen molar-refractivity contribution in [3.05, 3.63) is 71.0 Å². The standard InChI is InChI=1S/C25H25N3O6S/c1-16-14-20(27-24(31)19-8-5-13-33-19)35-22(16)25(32)34-15-21(29)28-11-9-17(10-12-28)23(30)26-18-6-3-2-4-7-18/h2-8,13-14,17H,9-12,15H2,1H3,(H,26,30)(H,27,31). The molecule has 1 fully saturated rings. The molecule has 10 heteroatoms. The zero-order chi connectivity index (χ0) is 24.8. The molecule has 1 aliphatic heterocycles. The summed E-state index contributed by atoms with van der Waals surface area (Å²) in [4.78, 5) is 51.6. The van der Waals surface area contributed by atoms with E-state index in [0.29, 0.717) is 41.4 Å². The van der Waals surface area contributed by atoms with Gasteiger partial charge in [-0.1, -0.05) is 18.2 Å². The highest BCUT2D eigenvalue weighted by molar-refractivity contribution is 7.18. The maximum absolute atomic E-state index is 12.6. The predicted molar refractivity (Wildman–Crippen MR) is 130 cm³/mol. The molecule has 3 amide bonds. The first kappa shape index (κ1) is 24.2. The SMILES string of the molecule is Cc1cc(NC(=O)c2ccco2)sc1C(=O)OCC(=O)N1CCC(C(=O)Nc2ccccc2)CC1. The van der Waals surface area contributed by atoms with Crippen LogP contribution in [0.5, 0.6) is 0 Å². The lowest BCUT2D eigenvalue weighted by molar-refractivity contribution is -0.137. The predicted octanol–water partition coefficient (Wildman–Crippen LogP) is 3.94. The van der Waals surface area contributed by atoms with E-state index in [4.69, 9.17) is 9.15 Å². The molecule has 9 nitrogen and oxygen atoms in total. The van der Waals surface area contributed by atoms with Gasteiger partial charge < -0.3 is 24.7 Å². The minimum atomic E-state index is -0.628. The number of ether oxygens (including phenoxy) is 1. The number of esters is 1. The largest absolute Gasteiger partial charge is 0.459 e. The van der Waals surface area contributed by atoms with Gasteiger partial charge in [0.25, 0.3) is 11.8 Å². The number of piperidine rings is 1. The number of rotatable bonds is 7. The lowest BCUT2D eigenvalue weighted by Crippen LogP contribution is -2.43. The summed E-state index contributed by atoms with van der Waals surface area (Å²) < 4.78 is 10.3. The summed E-state index contributed by atoms with van der Waals surface area (Å²) in [6.45, 7) is 2.18. The maximum atomic E-state index is 12.6. The molecule has 0 unspecified atom stereocenters. The molecule has 182 valence electrons. The molecule has 35 heavy (non-hydrogen) atoms. The Kier molecular flexibility index (Phi) is 7.61. The number of likely N-dealkylation sites (tertiary alicyclic amines) is 1. The van der Waals surface area contributed by atoms with E-state index >= 15 is 0 Å². The number of carbonyl (C=O) groups excluding carboxylic acids is 4. The topological polar surface area (TPSA) is 118 Å². The number of furan rings is 1. The van der Waals surface area contributed by atoms with Crippen molar-refractivity contribution in [3.8, 4) is 0 Å². The van der Waals surface area contributed by atoms with Crippen molar-refractivity contribution >= 4 is 45.7 Å². The van der Waals surface area contributed by atoms with E-state index in [-0.39, 0.29) is 30.1 Å². The third-order valence-corrected chi connectivity index (χ3v) is 6.80. The molecule has 1 aliphatic rings. The number of thiophene rings is 1. The van der Waals surface area contributed by atoms with Crippen LogP contribution in [-0.4, -0.2) is 48.3 Å². The van der Waals surface area contributed by atoms with E-state index in [1.54, 1.807) is 24.0 Å². The van der Waals surface area contributed by atoms with Crippen LogP contribution in [0.3, 0.4) is 0 Å². The highest BCUT2D eigenvalue weighted by Crippen LogP contribution is 2.28. The van der Waals surface area contributed by atoms with Crippen LogP contribution in [0.25, 0.3) is 0 Å². The lowest BCUT2D eigenvalue weighted by Gasteiger charge is -2.31. The number of carbonyl (C=O) groups is 4. The van der Waals surface area contributed by atoms with Gasteiger partial charge in [0.15, 0.2) is 12.4 Å². The zero-order valence-corrected chi connectivity index (χ0v) is 19.9. The average molecular weight is 496 g/mol. The van der Waals surface area contributed by atoms with Gasteiger partial charge in [0, 0.05) is 24.7 Å². The minimum absolute atomic E-state index is 0.0576. The quantitative estimate of drug-likeness (QED) is 0.480. The van der Waals surface area contributed by atoms with Crippen LogP contribution in [-0.2, 0) is 14.3 Å². The van der Waals surface area contributed by atoms with Gasteiger partial charge in [0.05, 0.1) is 11.3 Å². The van der Waals surface area contributed by atoms with Crippen molar-refractivity contribution < 1.29 is 28.3 Å². The third-order valence-electron chi connectivity index (χ3n) is 5.67. The molecule has 0 saturated carbocycles. The summed E-state index contributed by atoms with van der Waals surface area (Å²) in [5, 5.41) is 6.04. The van der Waals surface area contributed by atoms with E-state index in [2.05, 4.69) is 10.6 Å². The normalized spacial score (nSPS) is 13.8. The molecule has 0 radical (unpaired) electrons. The van der Waals surface area contributed by atoms with E-state index in [1.807, 2.05) is 30.3 Å². The van der Waals surface area contributed by atoms with Gasteiger partial charge in [0.2, 0.25) is 5.91 Å². The molecule has 3 heterocycles. The molecule has 0 spiro atoms. The number of hydrogen-bond donors (Lipinski definition) is 2. The zero-order valence-electron chi connectivity index (χ0n) is 19.1. The number of para-hydroxylation sites is 1. The van der Waals surface area contributed by atoms with Gasteiger partial charge >= 0.3 is 5.97 Å². The van der Waals surface area contributed by atoms with Crippen LogP contribution < -0.4 is 10.6 Å². The Morgan fingerprint density at radius 2 is 1.80 bits per heavy atom. The minimum Gasteiger partial charge on any atom is -0.459 e. The van der Waals surface area contributed by atoms with Crippen LogP contribution in [0.15, 0.2) is 59.2 Å². The third kappa shape index (κ3) is 6.15. The smallest absolute Gasteiger partial charge is 0.349 e. The van der Waals surface area contributed by atoms with E-state index in [0.717, 1.165) is 17.0 Å². The Balaban J connectivity index is 1.23. The van der Waals surface area contributed by atoms with Crippen LogP contribution in [0.4, 0.5) is 10.7 Å². The summed E-state index contributed by atoms with van der Waals surface area (Å²) in [5.41, 5.74) is 1.38. The van der Waals surface area contributed by atoms with Gasteiger partial charge in [-0.15, -0.1) is 11.3 Å². The van der Waals surface area contributed by atoms with Crippen molar-refractivity contribution in [3.63, 3.8) is 0 Å². The number of nitrogens with one attached hydrogen (secondary N) is 2. The van der Waals surface area contributed by atoms with Crippen LogP contribution >= 0.6 is 11.3 Å². The molecule has 0 bridgehead atoms. The molecular formula is C25H25N3O6S. The summed E-state index contributed by atoms with van der Waals surface area (Å²) in [5.74, 6) is -1.43. The van der Waals surface area contributed by atoms with Gasteiger partial charge in [-0.05, 0) is 55.7 Å². The van der Waals surface area contributed by atoms with Crippen LogP contribution in [0, 0.1) is 12.8 Å². The first-order valence-corrected chi connectivity index (χ1v) is 12.0. The van der Waals surface area contributed by atoms with Gasteiger partial charge in [-0.2, -0.15) is 0 Å². The molecule has 1 saturated heterocycles. The Bertz CT molecular complexity index is 1200. The number of nitrogens with zero attached hydrogens (tertiary/aromatic N) is 1. The molecule has 1 aromatic carbocycles. The second-order valence-electron chi connectivity index (χ2n) is 8.14. The fraction of sp³-hybridized carbons (Fsp3) is 0.280. The van der Waals surface area contributed by atoms with Crippen molar-refractivity contribution in [2.75, 3.05) is 30.3 Å². The summed E-state index contributed by atoms with van der Waals surface area (Å²) in [6, 6.07) is 14.1. The van der Waals surface area contributed by atoms with Crippen molar-refractivity contribution in [2.24, 2.45) is 5.92 Å². The maximum Gasteiger partial charge on any atom is 0.349 e. The van der Waals surface area contributed by atoms with Crippen LogP contribution in [0.1, 0.15) is 38.6 Å². The second-order valence-corrected chi connectivity index (χ2v) is 9.19. The molecule has 3 aromatic rings. The number of amides is 3. The average Bonchev–Trinajstić information content (AvgIpc) is 3.53. The van der Waals surface area contributed by atoms with Crippen molar-refractivity contribution in [1.29, 1.82) is 0 Å². The molecule has 0 atom stereocenters. The Labute approximate surface area is 206 Å². The first-order chi connectivity index (χ1) is 16.9. The number of hydrogen-bond acceptors (Lipinski definition) is 7. The first-order valence-electron chi connectivity index (χ1n) is 11.2. The number of benzene rings is 1. The molecular weight excluding hydrogens is 470 g/mol. The number of aryl methyl sites for hydroxylation is 1. The summed E-state index contributed by atoms with van der Waals surface area (Å²) in [7, 11) is 0. The molecule has 2 aromatic heterocycles. The van der Waals surface area contributed by atoms with E-state index < -0.39 is 11.9 Å². The lowest BCUT2D eigenvalue weighted by atomic mass is 9.95. The highest BCUT2D eigenvalue weighted by atomic mass is 32.1. The fourth-order valence-corrected chi connectivity index (χ4v) is 4.73. The van der Waals surface area contributed by atoms with E-state index in [1.165, 1.54) is 12.3 Å². The molecule has 4 rings (SSSR count). The van der Waals surface area contributed by atoms with Crippen molar-refractivity contribution in [1.82, 2.24) is 4.90 Å². The molecule has 0 aliphatic carbocycles. The van der Waals surface area contributed by atoms with Crippen LogP contribution in [0.2, 0.25) is 0 Å². The Hall–Kier alpha value is -3.92. The van der Waals surface area contributed by atoms with E-state index in [9.17, 15) is 19.2 Å². The summed E-state index contributed by atoms with van der Waals surface area (Å²) in [6.07, 6.45) is 2.48. The van der Waals surface area contributed by atoms with Gasteiger partial charge in [0.1, 0.15) is 4.88 Å². The molecule has 2 N–H and O–H groups in total. The second kappa shape index (κ2) is 11.0. The fourth-order valence-electron chi connectivity index (χ4n) is 3.77. The number of anilines is 2. The van der Waals surface area contributed by atoms with Gasteiger partial charge in [-0.25, -0.2) is 4.79 Å². The Morgan fingerprint density at radius 3 is 2.49 bits per heavy atom. The van der Waals surface area contributed by atoms with Gasteiger partial charge in [-0.3, -0.25) is 14.4 Å². The summed E-state index contributed by atoms with van der Waals surface area (Å²) >= 11 is 1.07. The highest BCUT2D eigenvalue weighted by Gasteiger charge is 2.28. The Morgan fingerprint density at radius 1 is 1.06 bits per heavy atom. The van der Waals surface area contributed by atoms with Crippen molar-refractivity contribution in [2.45, 2.75) is 19.8 Å². The monoisotopic (exact) mass is 495 g/mol.